The number of aromatic nitrogens is 2. The first-order valence-electron chi connectivity index (χ1n) is 11.2. The number of carbonyl (C=O) groups excluding carboxylic acids is 2. The zero-order chi connectivity index (χ0) is 24.8. The van der Waals surface area contributed by atoms with Gasteiger partial charge in [0.25, 0.3) is 17.7 Å². The van der Waals surface area contributed by atoms with Crippen molar-refractivity contribution in [2.75, 3.05) is 13.6 Å². The van der Waals surface area contributed by atoms with E-state index in [0.717, 1.165) is 5.56 Å². The van der Waals surface area contributed by atoms with Crippen LogP contribution in [0.1, 0.15) is 37.7 Å². The predicted octanol–water partition coefficient (Wildman–Crippen LogP) is 4.43. The Kier molecular flexibility index (Phi) is 7.30. The number of nitrogens with one attached hydrogen (secondary N) is 1. The van der Waals surface area contributed by atoms with Gasteiger partial charge in [0.05, 0.1) is 5.56 Å². The zero-order valence-electron chi connectivity index (χ0n) is 19.5. The van der Waals surface area contributed by atoms with Crippen LogP contribution >= 0.6 is 0 Å². The molecule has 2 amide bonds. The number of likely N-dealkylation sites (N-methyl/N-ethyl adjacent to an activating group) is 1. The lowest BCUT2D eigenvalue weighted by molar-refractivity contribution is 0.0790. The first kappa shape index (κ1) is 23.8. The van der Waals surface area contributed by atoms with Gasteiger partial charge in [-0.2, -0.15) is 4.98 Å². The van der Waals surface area contributed by atoms with E-state index in [0.29, 0.717) is 42.4 Å². The third-order valence-corrected chi connectivity index (χ3v) is 5.56. The second-order valence-corrected chi connectivity index (χ2v) is 8.22. The molecule has 8 heteroatoms. The van der Waals surface area contributed by atoms with E-state index in [4.69, 9.17) is 4.52 Å². The van der Waals surface area contributed by atoms with Crippen molar-refractivity contribution >= 4 is 11.8 Å². The van der Waals surface area contributed by atoms with Crippen molar-refractivity contribution in [1.29, 1.82) is 0 Å². The maximum absolute atomic E-state index is 13.9. The molecule has 0 saturated heterocycles. The molecular weight excluding hydrogens is 447 g/mol. The molecule has 0 radical (unpaired) electrons. The van der Waals surface area contributed by atoms with Crippen molar-refractivity contribution in [2.24, 2.45) is 0 Å². The highest BCUT2D eigenvalue weighted by molar-refractivity contribution is 5.95. The Balaban J connectivity index is 1.32. The topological polar surface area (TPSA) is 88.3 Å². The van der Waals surface area contributed by atoms with E-state index in [2.05, 4.69) is 15.5 Å². The lowest BCUT2D eigenvalue weighted by atomic mass is 10.1. The summed E-state index contributed by atoms with van der Waals surface area (Å²) in [4.78, 5) is 30.7. The molecule has 3 aromatic carbocycles. The Bertz CT molecular complexity index is 1320. The predicted molar refractivity (Wildman–Crippen MR) is 129 cm³/mol. The maximum atomic E-state index is 13.9. The zero-order valence-corrected chi connectivity index (χ0v) is 19.5. The number of amides is 2. The van der Waals surface area contributed by atoms with Crippen LogP contribution in [0, 0.1) is 12.7 Å². The molecule has 1 heterocycles. The Labute approximate surface area is 202 Å². The quantitative estimate of drug-likeness (QED) is 0.410. The number of nitrogens with zero attached hydrogens (tertiary/aromatic N) is 3. The van der Waals surface area contributed by atoms with E-state index >= 15 is 0 Å². The second kappa shape index (κ2) is 10.7. The highest BCUT2D eigenvalue weighted by atomic mass is 19.1. The minimum atomic E-state index is -0.557. The fourth-order valence-electron chi connectivity index (χ4n) is 3.44. The fourth-order valence-corrected chi connectivity index (χ4v) is 3.44. The van der Waals surface area contributed by atoms with Crippen LogP contribution < -0.4 is 5.32 Å². The third kappa shape index (κ3) is 5.97. The average Bonchev–Trinajstić information content (AvgIpc) is 3.36. The number of aryl methyl sites for hydroxylation is 1. The van der Waals surface area contributed by atoms with Crippen LogP contribution in [0.2, 0.25) is 0 Å². The molecule has 0 aliphatic carbocycles. The number of hydrogen-bond acceptors (Lipinski definition) is 5. The molecule has 35 heavy (non-hydrogen) atoms. The molecule has 0 bridgehead atoms. The van der Waals surface area contributed by atoms with Gasteiger partial charge >= 0.3 is 0 Å². The van der Waals surface area contributed by atoms with Crippen molar-refractivity contribution < 1.29 is 18.5 Å². The fraction of sp³-hybridized carbons (Fsp3) is 0.185. The molecule has 0 aliphatic heterocycles. The molecule has 0 saturated carbocycles. The molecule has 0 unspecified atom stereocenters. The van der Waals surface area contributed by atoms with E-state index in [1.165, 1.54) is 28.7 Å². The van der Waals surface area contributed by atoms with Gasteiger partial charge in [-0.05, 0) is 48.9 Å². The molecule has 178 valence electrons. The van der Waals surface area contributed by atoms with Gasteiger partial charge in [0.2, 0.25) is 0 Å². The van der Waals surface area contributed by atoms with Crippen LogP contribution in [0.5, 0.6) is 0 Å². The lowest BCUT2D eigenvalue weighted by Crippen LogP contribution is -2.29. The van der Waals surface area contributed by atoms with Crippen molar-refractivity contribution in [2.45, 2.75) is 19.9 Å². The van der Waals surface area contributed by atoms with Crippen LogP contribution in [0.3, 0.4) is 0 Å². The SMILES string of the molecule is Cc1ccc(CNC(=O)c2ccc(-c3nc(CCN(C)C(=O)c4ccccc4F)no3)cc2)cc1. The maximum Gasteiger partial charge on any atom is 0.257 e. The Hall–Kier alpha value is -4.33. The molecule has 0 spiro atoms. The molecule has 7 nitrogen and oxygen atoms in total. The second-order valence-electron chi connectivity index (χ2n) is 8.22. The summed E-state index contributed by atoms with van der Waals surface area (Å²) in [7, 11) is 1.60. The van der Waals surface area contributed by atoms with Gasteiger partial charge in [-0.15, -0.1) is 0 Å². The number of benzene rings is 3. The molecule has 0 atom stereocenters. The molecular formula is C27H25FN4O3. The van der Waals surface area contributed by atoms with Crippen molar-refractivity contribution in [3.8, 4) is 11.5 Å². The Morgan fingerprint density at radius 3 is 2.43 bits per heavy atom. The first-order valence-corrected chi connectivity index (χ1v) is 11.2. The standard InChI is InChI=1S/C27H25FN4O3/c1-18-7-9-19(10-8-18)17-29-25(33)20-11-13-21(14-12-20)26-30-24(31-35-26)15-16-32(2)27(34)22-5-3-4-6-23(22)28/h3-14H,15-17H2,1-2H3,(H,29,33). The number of halogens is 1. The Morgan fingerprint density at radius 1 is 1.00 bits per heavy atom. The molecule has 4 aromatic rings. The smallest absolute Gasteiger partial charge is 0.257 e. The largest absolute Gasteiger partial charge is 0.348 e. The minimum Gasteiger partial charge on any atom is -0.348 e. The summed E-state index contributed by atoms with van der Waals surface area (Å²) in [6.45, 7) is 2.76. The van der Waals surface area contributed by atoms with Crippen molar-refractivity contribution in [3.63, 3.8) is 0 Å². The third-order valence-electron chi connectivity index (χ3n) is 5.56. The van der Waals surface area contributed by atoms with Crippen LogP contribution in [0.15, 0.2) is 77.3 Å². The van der Waals surface area contributed by atoms with Gasteiger partial charge in [0, 0.05) is 37.7 Å². The van der Waals surface area contributed by atoms with Gasteiger partial charge in [-0.1, -0.05) is 47.1 Å². The number of hydrogen-bond donors (Lipinski definition) is 1. The van der Waals surface area contributed by atoms with Crippen molar-refractivity contribution in [3.05, 3.63) is 107 Å². The van der Waals surface area contributed by atoms with Gasteiger partial charge in [-0.25, -0.2) is 4.39 Å². The van der Waals surface area contributed by atoms with E-state index in [1.807, 2.05) is 31.2 Å². The minimum absolute atomic E-state index is 0.0202. The Morgan fingerprint density at radius 2 is 1.71 bits per heavy atom. The van der Waals surface area contributed by atoms with Gasteiger partial charge < -0.3 is 14.7 Å². The number of rotatable bonds is 8. The van der Waals surface area contributed by atoms with E-state index in [1.54, 1.807) is 37.4 Å². The summed E-state index contributed by atoms with van der Waals surface area (Å²) in [6, 6.07) is 20.7. The summed E-state index contributed by atoms with van der Waals surface area (Å²) < 4.78 is 19.2. The molecule has 1 N–H and O–H groups in total. The van der Waals surface area contributed by atoms with Crippen LogP contribution in [-0.2, 0) is 13.0 Å². The summed E-state index contributed by atoms with van der Waals surface area (Å²) in [5, 5.41) is 6.87. The first-order chi connectivity index (χ1) is 16.9. The lowest BCUT2D eigenvalue weighted by Gasteiger charge is -2.16. The van der Waals surface area contributed by atoms with Crippen LogP contribution in [0.4, 0.5) is 4.39 Å². The van der Waals surface area contributed by atoms with Gasteiger partial charge in [0.15, 0.2) is 5.82 Å². The summed E-state index contributed by atoms with van der Waals surface area (Å²) in [6.07, 6.45) is 0.347. The van der Waals surface area contributed by atoms with E-state index < -0.39 is 11.7 Å². The molecule has 4 rings (SSSR count). The highest BCUT2D eigenvalue weighted by Crippen LogP contribution is 2.18. The van der Waals surface area contributed by atoms with Crippen molar-refractivity contribution in [1.82, 2.24) is 20.4 Å². The highest BCUT2D eigenvalue weighted by Gasteiger charge is 2.17. The molecule has 0 aliphatic rings. The van der Waals surface area contributed by atoms with E-state index in [9.17, 15) is 14.0 Å². The number of carbonyl (C=O) groups is 2. The summed E-state index contributed by atoms with van der Waals surface area (Å²) >= 11 is 0. The molecule has 0 fully saturated rings. The van der Waals surface area contributed by atoms with E-state index in [-0.39, 0.29) is 11.5 Å². The summed E-state index contributed by atoms with van der Waals surface area (Å²) in [5.74, 6) is -0.407. The van der Waals surface area contributed by atoms with Crippen LogP contribution in [0.25, 0.3) is 11.5 Å². The van der Waals surface area contributed by atoms with Gasteiger partial charge in [0.1, 0.15) is 5.82 Å². The normalized spacial score (nSPS) is 10.7. The summed E-state index contributed by atoms with van der Waals surface area (Å²) in [5.41, 5.74) is 3.42. The monoisotopic (exact) mass is 472 g/mol. The van der Waals surface area contributed by atoms with Crippen LogP contribution in [-0.4, -0.2) is 40.4 Å². The van der Waals surface area contributed by atoms with Gasteiger partial charge in [-0.3, -0.25) is 9.59 Å². The molecule has 1 aromatic heterocycles. The average molecular weight is 473 g/mol.